The molecule has 0 radical (unpaired) electrons. The average Bonchev–Trinajstić information content (AvgIpc) is 2.45. The monoisotopic (exact) mass is 341 g/mol. The molecule has 0 aliphatic heterocycles. The van der Waals surface area contributed by atoms with E-state index in [9.17, 15) is 5.11 Å². The van der Waals surface area contributed by atoms with Crippen molar-refractivity contribution in [2.45, 2.75) is 51.2 Å². The molecular formula is C16H24BrNO2. The lowest BCUT2D eigenvalue weighted by molar-refractivity contribution is -0.0341. The zero-order valence-corrected chi connectivity index (χ0v) is 13.7. The molecule has 1 aliphatic carbocycles. The van der Waals surface area contributed by atoms with Crippen LogP contribution in [0.25, 0.3) is 0 Å². The van der Waals surface area contributed by atoms with Crippen LogP contribution in [0.1, 0.15) is 44.6 Å². The largest absolute Gasteiger partial charge is 0.490 e. The van der Waals surface area contributed by atoms with Gasteiger partial charge in [-0.1, -0.05) is 42.1 Å². The lowest BCUT2D eigenvalue weighted by atomic mass is 9.85. The summed E-state index contributed by atoms with van der Waals surface area (Å²) in [6.07, 6.45) is 5.14. The van der Waals surface area contributed by atoms with Gasteiger partial charge in [-0.15, -0.1) is 0 Å². The van der Waals surface area contributed by atoms with Crippen molar-refractivity contribution in [3.8, 4) is 5.75 Å². The summed E-state index contributed by atoms with van der Waals surface area (Å²) >= 11 is 3.49. The molecule has 3 nitrogen and oxygen atoms in total. The van der Waals surface area contributed by atoms with E-state index in [1.807, 2.05) is 12.1 Å². The van der Waals surface area contributed by atoms with Crippen molar-refractivity contribution >= 4 is 15.9 Å². The first kappa shape index (κ1) is 15.8. The summed E-state index contributed by atoms with van der Waals surface area (Å²) in [4.78, 5) is 0. The van der Waals surface area contributed by atoms with Crippen molar-refractivity contribution < 1.29 is 9.84 Å². The molecule has 0 aromatic heterocycles. The van der Waals surface area contributed by atoms with E-state index < -0.39 is 5.60 Å². The molecule has 0 unspecified atom stereocenters. The van der Waals surface area contributed by atoms with Crippen LogP contribution < -0.4 is 10.1 Å². The van der Waals surface area contributed by atoms with E-state index >= 15 is 0 Å². The fourth-order valence-electron chi connectivity index (χ4n) is 2.65. The van der Waals surface area contributed by atoms with Crippen LogP contribution in [0.5, 0.6) is 5.75 Å². The summed E-state index contributed by atoms with van der Waals surface area (Å²) in [6, 6.07) is 6.03. The molecule has 0 amide bonds. The highest BCUT2D eigenvalue weighted by atomic mass is 79.9. The summed E-state index contributed by atoms with van der Waals surface area (Å²) in [6.45, 7) is 4.19. The fourth-order valence-corrected chi connectivity index (χ4v) is 3.06. The van der Waals surface area contributed by atoms with Gasteiger partial charge in [0.1, 0.15) is 12.4 Å². The average molecular weight is 342 g/mol. The second-order valence-corrected chi connectivity index (χ2v) is 6.52. The maximum absolute atomic E-state index is 10.5. The van der Waals surface area contributed by atoms with E-state index in [1.165, 1.54) is 6.42 Å². The van der Waals surface area contributed by atoms with Crippen LogP contribution in [0.15, 0.2) is 22.7 Å². The Morgan fingerprint density at radius 1 is 1.30 bits per heavy atom. The van der Waals surface area contributed by atoms with Gasteiger partial charge in [-0.25, -0.2) is 0 Å². The van der Waals surface area contributed by atoms with Crippen molar-refractivity contribution in [1.29, 1.82) is 0 Å². The number of benzene rings is 1. The first-order chi connectivity index (χ1) is 9.63. The molecule has 0 atom stereocenters. The number of nitrogens with one attached hydrogen (secondary N) is 1. The van der Waals surface area contributed by atoms with Crippen LogP contribution in [0.2, 0.25) is 0 Å². The van der Waals surface area contributed by atoms with Gasteiger partial charge in [0.15, 0.2) is 0 Å². The molecule has 112 valence electrons. The summed E-state index contributed by atoms with van der Waals surface area (Å²) in [5.74, 6) is 0.869. The number of hydrogen-bond donors (Lipinski definition) is 2. The quantitative estimate of drug-likeness (QED) is 0.830. The van der Waals surface area contributed by atoms with E-state index in [2.05, 4.69) is 34.2 Å². The lowest BCUT2D eigenvalue weighted by Gasteiger charge is -2.32. The second-order valence-electron chi connectivity index (χ2n) is 5.61. The van der Waals surface area contributed by atoms with Gasteiger partial charge < -0.3 is 15.2 Å². The van der Waals surface area contributed by atoms with Crippen molar-refractivity contribution in [2.24, 2.45) is 0 Å². The summed E-state index contributed by atoms with van der Waals surface area (Å²) in [5.41, 5.74) is 0.487. The van der Waals surface area contributed by atoms with Crippen molar-refractivity contribution in [2.75, 3.05) is 13.2 Å². The van der Waals surface area contributed by atoms with Crippen LogP contribution in [-0.2, 0) is 6.54 Å². The van der Waals surface area contributed by atoms with Crippen LogP contribution >= 0.6 is 15.9 Å². The van der Waals surface area contributed by atoms with Crippen LogP contribution in [0, 0.1) is 0 Å². The molecule has 1 aliphatic rings. The fraction of sp³-hybridized carbons (Fsp3) is 0.625. The minimum absolute atomic E-state index is 0.397. The standard InChI is InChI=1S/C16H24BrNO2/c1-2-18-11-13-10-14(17)6-7-15(13)20-12-16(19)8-4-3-5-9-16/h6-7,10,18-19H,2-5,8-9,11-12H2,1H3. The van der Waals surface area contributed by atoms with E-state index in [4.69, 9.17) is 4.74 Å². The van der Waals surface area contributed by atoms with E-state index in [0.717, 1.165) is 54.6 Å². The SMILES string of the molecule is CCNCc1cc(Br)ccc1OCC1(O)CCCCC1. The molecule has 1 aromatic carbocycles. The molecular weight excluding hydrogens is 318 g/mol. The number of halogens is 1. The lowest BCUT2D eigenvalue weighted by Crippen LogP contribution is -2.38. The van der Waals surface area contributed by atoms with Crippen molar-refractivity contribution in [3.05, 3.63) is 28.2 Å². The Hall–Kier alpha value is -0.580. The maximum Gasteiger partial charge on any atom is 0.124 e. The van der Waals surface area contributed by atoms with Gasteiger partial charge in [-0.3, -0.25) is 0 Å². The van der Waals surface area contributed by atoms with E-state index in [0.29, 0.717) is 6.61 Å². The Morgan fingerprint density at radius 3 is 2.75 bits per heavy atom. The summed E-state index contributed by atoms with van der Waals surface area (Å²) in [7, 11) is 0. The highest BCUT2D eigenvalue weighted by Gasteiger charge is 2.30. The second kappa shape index (κ2) is 7.43. The first-order valence-electron chi connectivity index (χ1n) is 7.47. The van der Waals surface area contributed by atoms with E-state index in [1.54, 1.807) is 0 Å². The maximum atomic E-state index is 10.5. The van der Waals surface area contributed by atoms with Crippen molar-refractivity contribution in [3.63, 3.8) is 0 Å². The number of aliphatic hydroxyl groups is 1. The predicted molar refractivity (Wildman–Crippen MR) is 85.1 cm³/mol. The molecule has 0 saturated heterocycles. The molecule has 2 rings (SSSR count). The molecule has 0 spiro atoms. The number of rotatable bonds is 6. The molecule has 2 N–H and O–H groups in total. The Labute approximate surface area is 129 Å². The van der Waals surface area contributed by atoms with Gasteiger partial charge >= 0.3 is 0 Å². The third-order valence-electron chi connectivity index (χ3n) is 3.87. The molecule has 0 heterocycles. The minimum atomic E-state index is -0.638. The third kappa shape index (κ3) is 4.47. The van der Waals surface area contributed by atoms with Gasteiger partial charge in [0.2, 0.25) is 0 Å². The van der Waals surface area contributed by atoms with E-state index in [-0.39, 0.29) is 0 Å². The van der Waals surface area contributed by atoms with Crippen LogP contribution in [0.4, 0.5) is 0 Å². The highest BCUT2D eigenvalue weighted by Crippen LogP contribution is 2.30. The van der Waals surface area contributed by atoms with Gasteiger partial charge in [-0.05, 0) is 37.6 Å². The molecule has 1 fully saturated rings. The van der Waals surface area contributed by atoms with Gasteiger partial charge in [0.05, 0.1) is 5.60 Å². The van der Waals surface area contributed by atoms with Gasteiger partial charge in [0, 0.05) is 16.6 Å². The van der Waals surface area contributed by atoms with Gasteiger partial charge in [0.25, 0.3) is 0 Å². The number of ether oxygens (including phenoxy) is 1. The Morgan fingerprint density at radius 2 is 2.05 bits per heavy atom. The molecule has 1 saturated carbocycles. The zero-order chi connectivity index (χ0) is 14.4. The van der Waals surface area contributed by atoms with Crippen LogP contribution in [0.3, 0.4) is 0 Å². The molecule has 0 bridgehead atoms. The summed E-state index contributed by atoms with van der Waals surface area (Å²) < 4.78 is 6.97. The normalized spacial score (nSPS) is 17.9. The third-order valence-corrected chi connectivity index (χ3v) is 4.36. The highest BCUT2D eigenvalue weighted by molar-refractivity contribution is 9.10. The molecule has 20 heavy (non-hydrogen) atoms. The molecule has 1 aromatic rings. The zero-order valence-electron chi connectivity index (χ0n) is 12.1. The van der Waals surface area contributed by atoms with Gasteiger partial charge in [-0.2, -0.15) is 0 Å². The number of hydrogen-bond acceptors (Lipinski definition) is 3. The summed E-state index contributed by atoms with van der Waals surface area (Å²) in [5, 5.41) is 13.8. The Kier molecular flexibility index (Phi) is 5.87. The topological polar surface area (TPSA) is 41.5 Å². The smallest absolute Gasteiger partial charge is 0.124 e. The Balaban J connectivity index is 2.00. The Bertz CT molecular complexity index is 430. The minimum Gasteiger partial charge on any atom is -0.490 e. The van der Waals surface area contributed by atoms with Crippen molar-refractivity contribution in [1.82, 2.24) is 5.32 Å². The predicted octanol–water partition coefficient (Wildman–Crippen LogP) is 3.63. The first-order valence-corrected chi connectivity index (χ1v) is 8.26. The molecule has 4 heteroatoms. The van der Waals surface area contributed by atoms with Crippen LogP contribution in [-0.4, -0.2) is 23.9 Å².